The van der Waals surface area contributed by atoms with Crippen LogP contribution in [0.2, 0.25) is 0 Å². The van der Waals surface area contributed by atoms with Crippen LogP contribution in [0.5, 0.6) is 0 Å². The van der Waals surface area contributed by atoms with Crippen LogP contribution in [0, 0.1) is 6.92 Å². The van der Waals surface area contributed by atoms with Crippen LogP contribution >= 0.6 is 24.0 Å². The Morgan fingerprint density at radius 2 is 2.04 bits per heavy atom. The summed E-state index contributed by atoms with van der Waals surface area (Å²) in [5, 5.41) is 10.8. The number of unbranched alkanes of at least 4 members (excludes halogenated alkanes) is 1. The molecule has 2 aromatic rings. The average Bonchev–Trinajstić information content (AvgIpc) is 3.28. The van der Waals surface area contributed by atoms with E-state index in [0.29, 0.717) is 12.5 Å². The molecule has 7 nitrogen and oxygen atoms in total. The molecule has 2 N–H and O–H groups in total. The van der Waals surface area contributed by atoms with Gasteiger partial charge in [-0.1, -0.05) is 19.0 Å². The molecule has 0 saturated heterocycles. The van der Waals surface area contributed by atoms with Gasteiger partial charge in [0.1, 0.15) is 5.82 Å². The zero-order valence-corrected chi connectivity index (χ0v) is 19.2. The quantitative estimate of drug-likeness (QED) is 0.230. The van der Waals surface area contributed by atoms with Gasteiger partial charge in [-0.3, -0.25) is 4.99 Å². The first-order valence-electron chi connectivity index (χ1n) is 9.55. The lowest BCUT2D eigenvalue weighted by Gasteiger charge is -2.11. The molecule has 152 valence electrons. The van der Waals surface area contributed by atoms with Gasteiger partial charge in [0.05, 0.1) is 12.2 Å². The zero-order valence-electron chi connectivity index (χ0n) is 16.9. The van der Waals surface area contributed by atoms with E-state index in [9.17, 15) is 0 Å². The standard InChI is InChI=1S/C19H32N6O.HI/c1-5-16(6-2)18-13-17(26-24-18)14-23-19(20-4)22-9-7-8-11-25-12-10-21-15(25)3;/h10,12-13,16H,5-9,11,14H2,1-4H3,(H2,20,22,23);1H. The average molecular weight is 488 g/mol. The number of hydrogen-bond acceptors (Lipinski definition) is 4. The Morgan fingerprint density at radius 3 is 2.67 bits per heavy atom. The van der Waals surface area contributed by atoms with E-state index in [1.807, 2.05) is 25.4 Å². The summed E-state index contributed by atoms with van der Waals surface area (Å²) >= 11 is 0. The maximum atomic E-state index is 5.44. The molecule has 0 amide bonds. The van der Waals surface area contributed by atoms with E-state index < -0.39 is 0 Å². The molecule has 0 aromatic carbocycles. The summed E-state index contributed by atoms with van der Waals surface area (Å²) in [5.41, 5.74) is 1.05. The van der Waals surface area contributed by atoms with Gasteiger partial charge in [-0.15, -0.1) is 24.0 Å². The second kappa shape index (κ2) is 12.7. The van der Waals surface area contributed by atoms with Crippen molar-refractivity contribution in [3.63, 3.8) is 0 Å². The van der Waals surface area contributed by atoms with Crippen LogP contribution in [0.3, 0.4) is 0 Å². The van der Waals surface area contributed by atoms with Gasteiger partial charge in [0, 0.05) is 44.5 Å². The lowest BCUT2D eigenvalue weighted by atomic mass is 9.99. The SMILES string of the molecule is CCC(CC)c1cc(CNC(=NC)NCCCCn2ccnc2C)on1.I. The van der Waals surface area contributed by atoms with Crippen molar-refractivity contribution in [3.8, 4) is 0 Å². The van der Waals surface area contributed by atoms with E-state index in [1.54, 1.807) is 7.05 Å². The molecule has 0 saturated carbocycles. The van der Waals surface area contributed by atoms with Gasteiger partial charge in [-0.2, -0.15) is 0 Å². The van der Waals surface area contributed by atoms with Gasteiger partial charge >= 0.3 is 0 Å². The Balaban J connectivity index is 0.00000364. The highest BCUT2D eigenvalue weighted by Crippen LogP contribution is 2.22. The highest BCUT2D eigenvalue weighted by Gasteiger charge is 2.13. The number of aromatic nitrogens is 3. The molecule has 0 bridgehead atoms. The minimum atomic E-state index is 0. The first-order valence-corrected chi connectivity index (χ1v) is 9.55. The second-order valence-electron chi connectivity index (χ2n) is 6.46. The molecule has 8 heteroatoms. The fraction of sp³-hybridized carbons (Fsp3) is 0.632. The minimum Gasteiger partial charge on any atom is -0.359 e. The fourth-order valence-electron chi connectivity index (χ4n) is 2.96. The predicted molar refractivity (Wildman–Crippen MR) is 120 cm³/mol. The van der Waals surface area contributed by atoms with Gasteiger partial charge < -0.3 is 19.7 Å². The zero-order chi connectivity index (χ0) is 18.8. The van der Waals surface area contributed by atoms with Crippen LogP contribution in [-0.4, -0.2) is 34.3 Å². The Kier molecular flexibility index (Phi) is 11.1. The third kappa shape index (κ3) is 7.51. The van der Waals surface area contributed by atoms with E-state index in [1.165, 1.54) is 0 Å². The molecular weight excluding hydrogens is 455 g/mol. The number of halogens is 1. The first-order chi connectivity index (χ1) is 12.7. The largest absolute Gasteiger partial charge is 0.359 e. The van der Waals surface area contributed by atoms with Crippen LogP contribution in [-0.2, 0) is 13.1 Å². The van der Waals surface area contributed by atoms with E-state index in [4.69, 9.17) is 4.52 Å². The number of guanidine groups is 1. The summed E-state index contributed by atoms with van der Waals surface area (Å²) in [7, 11) is 1.78. The molecule has 2 heterocycles. The third-order valence-corrected chi connectivity index (χ3v) is 4.68. The van der Waals surface area contributed by atoms with Crippen LogP contribution in [0.15, 0.2) is 28.0 Å². The fourth-order valence-corrected chi connectivity index (χ4v) is 2.96. The molecule has 0 radical (unpaired) electrons. The summed E-state index contributed by atoms with van der Waals surface area (Å²) in [4.78, 5) is 8.49. The van der Waals surface area contributed by atoms with Gasteiger partial charge in [0.2, 0.25) is 0 Å². The highest BCUT2D eigenvalue weighted by atomic mass is 127. The van der Waals surface area contributed by atoms with Crippen molar-refractivity contribution < 1.29 is 4.52 Å². The van der Waals surface area contributed by atoms with Crippen molar-refractivity contribution in [2.24, 2.45) is 4.99 Å². The molecule has 0 unspecified atom stereocenters. The number of rotatable bonds is 10. The van der Waals surface area contributed by atoms with Crippen molar-refractivity contribution in [1.29, 1.82) is 0 Å². The number of aryl methyl sites for hydroxylation is 2. The summed E-state index contributed by atoms with van der Waals surface area (Å²) in [6.07, 6.45) is 8.20. The first kappa shape index (κ1) is 23.5. The van der Waals surface area contributed by atoms with Crippen molar-refractivity contribution >= 4 is 29.9 Å². The topological polar surface area (TPSA) is 80.3 Å². The highest BCUT2D eigenvalue weighted by molar-refractivity contribution is 14.0. The molecule has 2 rings (SSSR count). The molecular formula is C19H33IN6O. The Labute approximate surface area is 179 Å². The molecule has 0 atom stereocenters. The van der Waals surface area contributed by atoms with E-state index >= 15 is 0 Å². The Bertz CT molecular complexity index is 677. The van der Waals surface area contributed by atoms with Gasteiger partial charge in [0.25, 0.3) is 0 Å². The van der Waals surface area contributed by atoms with E-state index in [2.05, 4.69) is 44.2 Å². The van der Waals surface area contributed by atoms with Crippen LogP contribution in [0.4, 0.5) is 0 Å². The maximum Gasteiger partial charge on any atom is 0.191 e. The van der Waals surface area contributed by atoms with E-state index in [-0.39, 0.29) is 24.0 Å². The molecule has 0 aliphatic heterocycles. The Hall–Kier alpha value is -1.58. The monoisotopic (exact) mass is 488 g/mol. The molecule has 0 aliphatic rings. The number of nitrogens with one attached hydrogen (secondary N) is 2. The number of nitrogens with zero attached hydrogens (tertiary/aromatic N) is 4. The number of imidazole rings is 1. The van der Waals surface area contributed by atoms with Crippen molar-refractivity contribution in [2.75, 3.05) is 13.6 Å². The van der Waals surface area contributed by atoms with Gasteiger partial charge in [0.15, 0.2) is 11.7 Å². The number of hydrogen-bond donors (Lipinski definition) is 2. The molecule has 2 aromatic heterocycles. The normalized spacial score (nSPS) is 11.5. The molecule has 27 heavy (non-hydrogen) atoms. The lowest BCUT2D eigenvalue weighted by molar-refractivity contribution is 0.368. The Morgan fingerprint density at radius 1 is 1.26 bits per heavy atom. The van der Waals surface area contributed by atoms with E-state index in [0.717, 1.165) is 62.0 Å². The van der Waals surface area contributed by atoms with Crippen molar-refractivity contribution in [2.45, 2.75) is 65.5 Å². The van der Waals surface area contributed by atoms with Crippen molar-refractivity contribution in [3.05, 3.63) is 35.7 Å². The molecule has 0 fully saturated rings. The predicted octanol–water partition coefficient (Wildman–Crippen LogP) is 3.85. The molecule has 0 spiro atoms. The third-order valence-electron chi connectivity index (χ3n) is 4.68. The van der Waals surface area contributed by atoms with Crippen LogP contribution < -0.4 is 10.6 Å². The molecule has 0 aliphatic carbocycles. The maximum absolute atomic E-state index is 5.44. The van der Waals surface area contributed by atoms with Crippen LogP contribution in [0.25, 0.3) is 0 Å². The summed E-state index contributed by atoms with van der Waals surface area (Å²) in [5.74, 6) is 3.16. The van der Waals surface area contributed by atoms with Crippen molar-refractivity contribution in [1.82, 2.24) is 25.3 Å². The summed E-state index contributed by atoms with van der Waals surface area (Å²) in [6, 6.07) is 2.05. The second-order valence-corrected chi connectivity index (χ2v) is 6.46. The number of aliphatic imine (C=N–C) groups is 1. The smallest absolute Gasteiger partial charge is 0.191 e. The summed E-state index contributed by atoms with van der Waals surface area (Å²) < 4.78 is 7.61. The van der Waals surface area contributed by atoms with Gasteiger partial charge in [-0.25, -0.2) is 4.98 Å². The minimum absolute atomic E-state index is 0. The lowest BCUT2D eigenvalue weighted by Crippen LogP contribution is -2.37. The van der Waals surface area contributed by atoms with Crippen LogP contribution in [0.1, 0.15) is 62.7 Å². The van der Waals surface area contributed by atoms with Gasteiger partial charge in [-0.05, 0) is 32.6 Å². The summed E-state index contributed by atoms with van der Waals surface area (Å²) in [6.45, 7) is 8.85.